The second-order valence-corrected chi connectivity index (χ2v) is 4.69. The number of carbonyl (C=O) groups excluding carboxylic acids is 3. The van der Waals surface area contributed by atoms with Crippen LogP contribution in [0.5, 0.6) is 0 Å². The molecule has 4 amide bonds. The lowest BCUT2D eigenvalue weighted by molar-refractivity contribution is -0.125. The van der Waals surface area contributed by atoms with Gasteiger partial charge in [-0.1, -0.05) is 0 Å². The van der Waals surface area contributed by atoms with E-state index in [9.17, 15) is 14.4 Å². The zero-order chi connectivity index (χ0) is 12.9. The molecule has 92 valence electrons. The van der Waals surface area contributed by atoms with Crippen LogP contribution in [0.4, 0.5) is 4.79 Å². The van der Waals surface area contributed by atoms with Crippen LogP contribution in [-0.4, -0.2) is 29.8 Å². The van der Waals surface area contributed by atoms with Gasteiger partial charge < -0.3 is 11.1 Å². The van der Waals surface area contributed by atoms with E-state index in [1.165, 1.54) is 6.92 Å². The smallest absolute Gasteiger partial charge is 0.321 e. The van der Waals surface area contributed by atoms with Crippen molar-refractivity contribution in [2.45, 2.75) is 26.1 Å². The van der Waals surface area contributed by atoms with Gasteiger partial charge in [0.05, 0.1) is 5.41 Å². The Bertz CT molecular complexity index is 302. The summed E-state index contributed by atoms with van der Waals surface area (Å²) < 4.78 is 0. The zero-order valence-electron chi connectivity index (χ0n) is 9.46. The molecule has 0 bridgehead atoms. The van der Waals surface area contributed by atoms with Crippen molar-refractivity contribution in [1.82, 2.24) is 10.6 Å². The first-order chi connectivity index (χ1) is 7.16. The van der Waals surface area contributed by atoms with E-state index in [1.54, 1.807) is 13.8 Å². The lowest BCUT2D eigenvalue weighted by Gasteiger charge is -2.20. The second-order valence-electron chi connectivity index (χ2n) is 4.04. The molecular formula is C9H16ClN3O3. The van der Waals surface area contributed by atoms with Crippen molar-refractivity contribution in [2.24, 2.45) is 11.1 Å². The summed E-state index contributed by atoms with van der Waals surface area (Å²) in [6.07, 6.45) is 0. The first kappa shape index (κ1) is 14.7. The molecule has 0 aliphatic heterocycles. The number of nitrogens with two attached hydrogens (primary N) is 1. The topological polar surface area (TPSA) is 101 Å². The molecule has 1 unspecified atom stereocenters. The largest absolute Gasteiger partial charge is 0.369 e. The van der Waals surface area contributed by atoms with Crippen LogP contribution in [0.2, 0.25) is 0 Å². The van der Waals surface area contributed by atoms with E-state index in [0.29, 0.717) is 0 Å². The summed E-state index contributed by atoms with van der Waals surface area (Å²) in [5.41, 5.74) is 4.24. The van der Waals surface area contributed by atoms with Crippen LogP contribution in [-0.2, 0) is 9.59 Å². The van der Waals surface area contributed by atoms with Crippen LogP contribution in [0.1, 0.15) is 20.8 Å². The first-order valence-electron chi connectivity index (χ1n) is 4.69. The number of nitrogens with one attached hydrogen (secondary N) is 2. The van der Waals surface area contributed by atoms with Gasteiger partial charge in [-0.3, -0.25) is 14.9 Å². The fourth-order valence-electron chi connectivity index (χ4n) is 0.644. The molecule has 0 aromatic carbocycles. The van der Waals surface area contributed by atoms with Gasteiger partial charge in [-0.05, 0) is 20.8 Å². The maximum absolute atomic E-state index is 11.2. The molecule has 7 heteroatoms. The zero-order valence-corrected chi connectivity index (χ0v) is 10.2. The highest BCUT2D eigenvalue weighted by molar-refractivity contribution is 6.31. The van der Waals surface area contributed by atoms with Gasteiger partial charge in [-0.15, -0.1) is 11.6 Å². The molecule has 16 heavy (non-hydrogen) atoms. The summed E-state index contributed by atoms with van der Waals surface area (Å²) in [4.78, 5) is 33.1. The number of amides is 4. The highest BCUT2D eigenvalue weighted by atomic mass is 35.5. The van der Waals surface area contributed by atoms with Gasteiger partial charge in [0, 0.05) is 6.54 Å². The van der Waals surface area contributed by atoms with Gasteiger partial charge in [0.1, 0.15) is 5.38 Å². The van der Waals surface area contributed by atoms with E-state index < -0.39 is 28.6 Å². The molecule has 0 aromatic rings. The molecule has 0 fully saturated rings. The normalized spacial score (nSPS) is 12.8. The molecule has 0 aliphatic rings. The number of halogens is 1. The molecule has 0 spiro atoms. The highest BCUT2D eigenvalue weighted by Crippen LogP contribution is 2.11. The van der Waals surface area contributed by atoms with E-state index >= 15 is 0 Å². The summed E-state index contributed by atoms with van der Waals surface area (Å²) in [7, 11) is 0. The Hall–Kier alpha value is -1.30. The summed E-state index contributed by atoms with van der Waals surface area (Å²) in [6.45, 7) is 4.65. The first-order valence-corrected chi connectivity index (χ1v) is 5.13. The van der Waals surface area contributed by atoms with Gasteiger partial charge >= 0.3 is 6.03 Å². The van der Waals surface area contributed by atoms with Gasteiger partial charge in [0.15, 0.2) is 0 Å². The summed E-state index contributed by atoms with van der Waals surface area (Å²) in [5, 5.41) is 3.58. The Morgan fingerprint density at radius 2 is 1.88 bits per heavy atom. The van der Waals surface area contributed by atoms with Crippen molar-refractivity contribution in [3.63, 3.8) is 0 Å². The number of hydrogen-bond acceptors (Lipinski definition) is 3. The van der Waals surface area contributed by atoms with Crippen LogP contribution in [0.3, 0.4) is 0 Å². The Morgan fingerprint density at radius 3 is 2.25 bits per heavy atom. The average Bonchev–Trinajstić information content (AvgIpc) is 2.14. The third-order valence-corrected chi connectivity index (χ3v) is 2.15. The lowest BCUT2D eigenvalue weighted by atomic mass is 9.93. The molecule has 4 N–H and O–H groups in total. The van der Waals surface area contributed by atoms with Crippen LogP contribution >= 0.6 is 11.6 Å². The number of carbonyl (C=O) groups is 3. The summed E-state index contributed by atoms with van der Waals surface area (Å²) in [5.74, 6) is -1.14. The predicted octanol–water partition coefficient (Wildman–Crippen LogP) is -0.0490. The van der Waals surface area contributed by atoms with E-state index in [-0.39, 0.29) is 6.54 Å². The van der Waals surface area contributed by atoms with Gasteiger partial charge in [0.2, 0.25) is 11.8 Å². The van der Waals surface area contributed by atoms with Crippen molar-refractivity contribution in [3.05, 3.63) is 0 Å². The Kier molecular flexibility index (Phi) is 5.23. The monoisotopic (exact) mass is 249 g/mol. The molecular weight excluding hydrogens is 234 g/mol. The minimum absolute atomic E-state index is 0.0398. The van der Waals surface area contributed by atoms with Crippen LogP contribution in [0.15, 0.2) is 0 Å². The Morgan fingerprint density at radius 1 is 1.38 bits per heavy atom. The van der Waals surface area contributed by atoms with Crippen molar-refractivity contribution in [3.8, 4) is 0 Å². The predicted molar refractivity (Wildman–Crippen MR) is 59.8 cm³/mol. The molecule has 0 aromatic heterocycles. The molecule has 0 saturated heterocycles. The fraction of sp³-hybridized carbons (Fsp3) is 0.667. The van der Waals surface area contributed by atoms with Gasteiger partial charge in [-0.25, -0.2) is 4.79 Å². The quantitative estimate of drug-likeness (QED) is 0.609. The van der Waals surface area contributed by atoms with E-state index in [2.05, 4.69) is 5.32 Å². The minimum atomic E-state index is -0.868. The molecule has 0 radical (unpaired) electrons. The number of imide groups is 1. The second kappa shape index (κ2) is 5.69. The van der Waals surface area contributed by atoms with Crippen molar-refractivity contribution in [1.29, 1.82) is 0 Å². The Balaban J connectivity index is 4.09. The van der Waals surface area contributed by atoms with E-state index in [4.69, 9.17) is 17.3 Å². The number of alkyl halides is 1. The molecule has 6 nitrogen and oxygen atoms in total. The molecule has 0 rings (SSSR count). The third kappa shape index (κ3) is 4.97. The number of rotatable bonds is 4. The number of hydrogen-bond donors (Lipinski definition) is 3. The third-order valence-electron chi connectivity index (χ3n) is 1.96. The molecule has 0 saturated carbocycles. The number of urea groups is 1. The van der Waals surface area contributed by atoms with Crippen LogP contribution in [0, 0.1) is 5.41 Å². The molecule has 0 aliphatic carbocycles. The van der Waals surface area contributed by atoms with Crippen molar-refractivity contribution < 1.29 is 14.4 Å². The van der Waals surface area contributed by atoms with Crippen LogP contribution in [0.25, 0.3) is 0 Å². The van der Waals surface area contributed by atoms with E-state index in [0.717, 1.165) is 0 Å². The number of primary amides is 1. The fourth-order valence-corrected chi connectivity index (χ4v) is 0.698. The Labute approximate surface area is 98.9 Å². The molecule has 1 atom stereocenters. The van der Waals surface area contributed by atoms with E-state index in [1.807, 2.05) is 5.32 Å². The average molecular weight is 250 g/mol. The van der Waals surface area contributed by atoms with Crippen molar-refractivity contribution in [2.75, 3.05) is 6.54 Å². The van der Waals surface area contributed by atoms with Crippen LogP contribution < -0.4 is 16.4 Å². The van der Waals surface area contributed by atoms with Crippen molar-refractivity contribution >= 4 is 29.4 Å². The highest BCUT2D eigenvalue weighted by Gasteiger charge is 2.25. The SMILES string of the molecule is CC(Cl)C(=O)NC(=O)NCC(C)(C)C(N)=O. The molecule has 0 heterocycles. The maximum Gasteiger partial charge on any atom is 0.321 e. The lowest BCUT2D eigenvalue weighted by Crippen LogP contribution is -2.48. The maximum atomic E-state index is 11.2. The van der Waals surface area contributed by atoms with Gasteiger partial charge in [-0.2, -0.15) is 0 Å². The minimum Gasteiger partial charge on any atom is -0.369 e. The summed E-state index contributed by atoms with van der Waals surface area (Å²) in [6, 6.07) is -0.702. The summed E-state index contributed by atoms with van der Waals surface area (Å²) >= 11 is 5.45. The van der Waals surface area contributed by atoms with Gasteiger partial charge in [0.25, 0.3) is 0 Å². The standard InChI is InChI=1S/C9H16ClN3O3/c1-5(10)6(14)13-8(16)12-4-9(2,3)7(11)15/h5H,4H2,1-3H3,(H2,11,15)(H2,12,13,14,16).